The molecule has 0 saturated heterocycles. The van der Waals surface area contributed by atoms with Gasteiger partial charge in [0, 0.05) is 12.2 Å². The molecular formula is C14H16N4S. The van der Waals surface area contributed by atoms with Gasteiger partial charge in [-0.3, -0.25) is 10.4 Å². The Bertz CT molecular complexity index is 511. The molecule has 0 aliphatic heterocycles. The molecule has 1 fully saturated rings. The highest BCUT2D eigenvalue weighted by molar-refractivity contribution is 7.80. The van der Waals surface area contributed by atoms with Crippen molar-refractivity contribution in [2.45, 2.75) is 18.9 Å². The SMILES string of the molecule is S=C(N/N=C\c1ccccn1)N[C@H]1C[C@H]2C=C[C@H]1C2. The Morgan fingerprint density at radius 1 is 1.37 bits per heavy atom. The molecule has 19 heavy (non-hydrogen) atoms. The van der Waals surface area contributed by atoms with E-state index < -0.39 is 0 Å². The molecule has 0 radical (unpaired) electrons. The number of hydrazone groups is 1. The van der Waals surface area contributed by atoms with Gasteiger partial charge in [0.25, 0.3) is 0 Å². The molecule has 3 atom stereocenters. The van der Waals surface area contributed by atoms with Crippen LogP contribution in [0.1, 0.15) is 18.5 Å². The third-order valence-electron chi connectivity index (χ3n) is 3.65. The topological polar surface area (TPSA) is 49.3 Å². The molecule has 0 spiro atoms. The summed E-state index contributed by atoms with van der Waals surface area (Å²) in [6.07, 6.45) is 10.4. The Morgan fingerprint density at radius 3 is 3.00 bits per heavy atom. The molecule has 5 heteroatoms. The lowest BCUT2D eigenvalue weighted by Crippen LogP contribution is -2.42. The summed E-state index contributed by atoms with van der Waals surface area (Å²) in [7, 11) is 0. The van der Waals surface area contributed by atoms with Crippen LogP contribution < -0.4 is 10.7 Å². The van der Waals surface area contributed by atoms with Crippen LogP contribution in [-0.2, 0) is 0 Å². The van der Waals surface area contributed by atoms with Crippen molar-refractivity contribution < 1.29 is 0 Å². The summed E-state index contributed by atoms with van der Waals surface area (Å²) >= 11 is 5.24. The van der Waals surface area contributed by atoms with E-state index in [9.17, 15) is 0 Å². The van der Waals surface area contributed by atoms with Gasteiger partial charge in [-0.1, -0.05) is 18.2 Å². The first kappa shape index (κ1) is 12.3. The molecule has 3 rings (SSSR count). The van der Waals surface area contributed by atoms with E-state index in [0.29, 0.717) is 17.1 Å². The molecule has 1 saturated carbocycles. The van der Waals surface area contributed by atoms with Gasteiger partial charge < -0.3 is 5.32 Å². The van der Waals surface area contributed by atoms with Crippen molar-refractivity contribution in [3.05, 3.63) is 42.2 Å². The summed E-state index contributed by atoms with van der Waals surface area (Å²) < 4.78 is 0. The van der Waals surface area contributed by atoms with E-state index in [-0.39, 0.29) is 0 Å². The first-order chi connectivity index (χ1) is 9.31. The predicted octanol–water partition coefficient (Wildman–Crippen LogP) is 1.84. The number of rotatable bonds is 3. The minimum Gasteiger partial charge on any atom is -0.358 e. The van der Waals surface area contributed by atoms with Gasteiger partial charge in [-0.15, -0.1) is 0 Å². The van der Waals surface area contributed by atoms with Gasteiger partial charge in [0.15, 0.2) is 5.11 Å². The predicted molar refractivity (Wildman–Crippen MR) is 79.8 cm³/mol. The van der Waals surface area contributed by atoms with E-state index in [4.69, 9.17) is 12.2 Å². The molecule has 1 heterocycles. The van der Waals surface area contributed by atoms with Crippen molar-refractivity contribution in [2.75, 3.05) is 0 Å². The van der Waals surface area contributed by atoms with Crippen LogP contribution in [0.2, 0.25) is 0 Å². The Kier molecular flexibility index (Phi) is 3.55. The second kappa shape index (κ2) is 5.48. The van der Waals surface area contributed by atoms with E-state index in [0.717, 1.165) is 11.6 Å². The molecule has 98 valence electrons. The van der Waals surface area contributed by atoms with Crippen molar-refractivity contribution in [1.29, 1.82) is 0 Å². The minimum absolute atomic E-state index is 0.458. The van der Waals surface area contributed by atoms with E-state index in [2.05, 4.69) is 33.0 Å². The molecule has 0 amide bonds. The van der Waals surface area contributed by atoms with E-state index in [1.807, 2.05) is 18.2 Å². The van der Waals surface area contributed by atoms with Gasteiger partial charge in [0.05, 0.1) is 11.9 Å². The van der Waals surface area contributed by atoms with E-state index >= 15 is 0 Å². The summed E-state index contributed by atoms with van der Waals surface area (Å²) in [5, 5.41) is 8.00. The number of allylic oxidation sites excluding steroid dienone is 1. The number of fused-ring (bicyclic) bond motifs is 2. The fourth-order valence-electron chi connectivity index (χ4n) is 2.76. The summed E-state index contributed by atoms with van der Waals surface area (Å²) in [4.78, 5) is 4.15. The highest BCUT2D eigenvalue weighted by atomic mass is 32.1. The second-order valence-electron chi connectivity index (χ2n) is 4.98. The van der Waals surface area contributed by atoms with Crippen LogP contribution in [0.3, 0.4) is 0 Å². The van der Waals surface area contributed by atoms with Crippen molar-refractivity contribution >= 4 is 23.5 Å². The van der Waals surface area contributed by atoms with Crippen molar-refractivity contribution in [1.82, 2.24) is 15.7 Å². The number of hydrogen-bond donors (Lipinski definition) is 2. The van der Waals surface area contributed by atoms with Gasteiger partial charge in [0.2, 0.25) is 0 Å². The molecule has 2 aliphatic carbocycles. The molecule has 0 unspecified atom stereocenters. The molecule has 4 nitrogen and oxygen atoms in total. The summed E-state index contributed by atoms with van der Waals surface area (Å²) in [5.41, 5.74) is 3.65. The average Bonchev–Trinajstić information content (AvgIpc) is 3.02. The van der Waals surface area contributed by atoms with Crippen LogP contribution in [0, 0.1) is 11.8 Å². The van der Waals surface area contributed by atoms with Crippen LogP contribution in [0.4, 0.5) is 0 Å². The Morgan fingerprint density at radius 2 is 2.32 bits per heavy atom. The molecule has 2 bridgehead atoms. The maximum atomic E-state index is 5.24. The number of thiocarbonyl (C=S) groups is 1. The van der Waals surface area contributed by atoms with Crippen LogP contribution in [0.15, 0.2) is 41.6 Å². The maximum absolute atomic E-state index is 5.24. The van der Waals surface area contributed by atoms with Crippen molar-refractivity contribution in [2.24, 2.45) is 16.9 Å². The Balaban J connectivity index is 1.47. The van der Waals surface area contributed by atoms with Gasteiger partial charge in [-0.05, 0) is 49.0 Å². The van der Waals surface area contributed by atoms with Crippen molar-refractivity contribution in [3.63, 3.8) is 0 Å². The van der Waals surface area contributed by atoms with Crippen molar-refractivity contribution in [3.8, 4) is 0 Å². The maximum Gasteiger partial charge on any atom is 0.187 e. The fourth-order valence-corrected chi connectivity index (χ4v) is 2.96. The number of pyridine rings is 1. The zero-order chi connectivity index (χ0) is 13.1. The zero-order valence-corrected chi connectivity index (χ0v) is 11.3. The normalized spacial score (nSPS) is 27.9. The quantitative estimate of drug-likeness (QED) is 0.381. The molecular weight excluding hydrogens is 256 g/mol. The number of nitrogens with zero attached hydrogens (tertiary/aromatic N) is 2. The lowest BCUT2D eigenvalue weighted by molar-refractivity contribution is 0.521. The van der Waals surface area contributed by atoms with E-state index in [1.54, 1.807) is 12.4 Å². The standard InChI is InChI=1S/C14H16N4S/c19-14(17-13-8-10-4-5-11(13)7-10)18-16-9-12-3-1-2-6-15-12/h1-6,9-11,13H,7-8H2,(H2,17,18,19)/b16-9-/t10-,11-,13-/m0/s1. The Labute approximate surface area is 118 Å². The lowest BCUT2D eigenvalue weighted by atomic mass is 10.0. The first-order valence-electron chi connectivity index (χ1n) is 6.50. The summed E-state index contributed by atoms with van der Waals surface area (Å²) in [6, 6.07) is 6.15. The van der Waals surface area contributed by atoms with Crippen LogP contribution in [0.5, 0.6) is 0 Å². The number of hydrogen-bond acceptors (Lipinski definition) is 3. The van der Waals surface area contributed by atoms with Crippen LogP contribution in [0.25, 0.3) is 0 Å². The van der Waals surface area contributed by atoms with Gasteiger partial charge in [-0.2, -0.15) is 5.10 Å². The number of aromatic nitrogens is 1. The highest BCUT2D eigenvalue weighted by Crippen LogP contribution is 2.38. The summed E-state index contributed by atoms with van der Waals surface area (Å²) in [5.74, 6) is 1.37. The third-order valence-corrected chi connectivity index (χ3v) is 3.86. The molecule has 0 aromatic carbocycles. The van der Waals surface area contributed by atoms with Gasteiger partial charge in [-0.25, -0.2) is 0 Å². The molecule has 1 aromatic heterocycles. The van der Waals surface area contributed by atoms with Gasteiger partial charge in [0.1, 0.15) is 0 Å². The number of nitrogens with one attached hydrogen (secondary N) is 2. The zero-order valence-electron chi connectivity index (χ0n) is 10.5. The fraction of sp³-hybridized carbons (Fsp3) is 0.357. The molecule has 1 aromatic rings. The minimum atomic E-state index is 0.458. The first-order valence-corrected chi connectivity index (χ1v) is 6.91. The van der Waals surface area contributed by atoms with E-state index in [1.165, 1.54) is 12.8 Å². The Hall–Kier alpha value is -1.75. The second-order valence-corrected chi connectivity index (χ2v) is 5.39. The summed E-state index contributed by atoms with van der Waals surface area (Å²) in [6.45, 7) is 0. The molecule has 2 aliphatic rings. The largest absolute Gasteiger partial charge is 0.358 e. The van der Waals surface area contributed by atoms with Crippen LogP contribution >= 0.6 is 12.2 Å². The smallest absolute Gasteiger partial charge is 0.187 e. The van der Waals surface area contributed by atoms with Gasteiger partial charge >= 0.3 is 0 Å². The average molecular weight is 272 g/mol. The highest BCUT2D eigenvalue weighted by Gasteiger charge is 2.35. The monoisotopic (exact) mass is 272 g/mol. The lowest BCUT2D eigenvalue weighted by Gasteiger charge is -2.20. The molecule has 2 N–H and O–H groups in total. The van der Waals surface area contributed by atoms with Crippen LogP contribution in [-0.4, -0.2) is 22.4 Å². The third kappa shape index (κ3) is 2.98.